The smallest absolute Gasteiger partial charge is 0.0821 e. The molecule has 1 aromatic carbocycles. The van der Waals surface area contributed by atoms with Crippen molar-refractivity contribution in [3.63, 3.8) is 0 Å². The van der Waals surface area contributed by atoms with E-state index >= 15 is 0 Å². The van der Waals surface area contributed by atoms with E-state index in [1.54, 1.807) is 7.11 Å². The van der Waals surface area contributed by atoms with Crippen molar-refractivity contribution in [3.05, 3.63) is 34.3 Å². The summed E-state index contributed by atoms with van der Waals surface area (Å²) in [7, 11) is 1.77. The summed E-state index contributed by atoms with van der Waals surface area (Å²) in [6.07, 6.45) is 2.48. The van der Waals surface area contributed by atoms with Gasteiger partial charge in [0.05, 0.1) is 6.10 Å². The van der Waals surface area contributed by atoms with Gasteiger partial charge in [0.15, 0.2) is 0 Å². The number of halogens is 1. The molecule has 0 aromatic heterocycles. The molecule has 1 rings (SSSR count). The molecule has 1 nitrogen and oxygen atoms in total. The van der Waals surface area contributed by atoms with Crippen molar-refractivity contribution in [2.45, 2.75) is 25.9 Å². The molecule has 2 heteroatoms. The maximum Gasteiger partial charge on any atom is 0.0821 e. The maximum atomic E-state index is 5.40. The first kappa shape index (κ1) is 10.7. The van der Waals surface area contributed by atoms with Crippen LogP contribution in [0.2, 0.25) is 0 Å². The van der Waals surface area contributed by atoms with Crippen molar-refractivity contribution in [1.82, 2.24) is 0 Å². The van der Waals surface area contributed by atoms with Crippen LogP contribution in [0.25, 0.3) is 0 Å². The van der Waals surface area contributed by atoms with Crippen LogP contribution in [0.5, 0.6) is 0 Å². The Balaban J connectivity index is 2.73. The van der Waals surface area contributed by atoms with Gasteiger partial charge in [-0.15, -0.1) is 0 Å². The third kappa shape index (κ3) is 3.12. The van der Waals surface area contributed by atoms with Crippen LogP contribution in [-0.4, -0.2) is 7.11 Å². The van der Waals surface area contributed by atoms with Crippen LogP contribution in [0.3, 0.4) is 0 Å². The molecule has 0 saturated heterocycles. The summed E-state index contributed by atoms with van der Waals surface area (Å²) in [6.45, 7) is 2.17. The van der Waals surface area contributed by atoms with Gasteiger partial charge in [0.2, 0.25) is 0 Å². The highest BCUT2D eigenvalue weighted by Gasteiger charge is 2.07. The van der Waals surface area contributed by atoms with Gasteiger partial charge in [0.25, 0.3) is 0 Å². The molecule has 0 bridgehead atoms. The molecule has 72 valence electrons. The molecule has 0 aliphatic heterocycles. The third-order valence-electron chi connectivity index (χ3n) is 2.08. The lowest BCUT2D eigenvalue weighted by Crippen LogP contribution is -2.00. The number of hydrogen-bond acceptors (Lipinski definition) is 1. The molecule has 0 N–H and O–H groups in total. The van der Waals surface area contributed by atoms with Gasteiger partial charge in [-0.1, -0.05) is 41.4 Å². The molecule has 0 heterocycles. The molecule has 0 spiro atoms. The van der Waals surface area contributed by atoms with Gasteiger partial charge >= 0.3 is 0 Å². The summed E-state index contributed by atoms with van der Waals surface area (Å²) in [5.41, 5.74) is 1.26. The Morgan fingerprint density at radius 1 is 1.31 bits per heavy atom. The molecule has 0 fully saturated rings. The van der Waals surface area contributed by atoms with Gasteiger partial charge in [0, 0.05) is 11.6 Å². The van der Waals surface area contributed by atoms with Gasteiger partial charge < -0.3 is 4.74 Å². The van der Waals surface area contributed by atoms with Crippen molar-refractivity contribution >= 4 is 15.9 Å². The minimum Gasteiger partial charge on any atom is -0.377 e. The van der Waals surface area contributed by atoms with Crippen LogP contribution in [-0.2, 0) is 4.74 Å². The Morgan fingerprint density at radius 3 is 2.38 bits per heavy atom. The Morgan fingerprint density at radius 2 is 1.92 bits per heavy atom. The first-order valence-corrected chi connectivity index (χ1v) is 5.35. The molecule has 1 aromatic rings. The van der Waals surface area contributed by atoms with Crippen molar-refractivity contribution in [3.8, 4) is 0 Å². The SMILES string of the molecule is CCCC(OC)c1ccc(Br)cc1. The highest BCUT2D eigenvalue weighted by atomic mass is 79.9. The predicted molar refractivity (Wildman–Crippen MR) is 58.8 cm³/mol. The van der Waals surface area contributed by atoms with Crippen LogP contribution < -0.4 is 0 Å². The molecular weight excluding hydrogens is 228 g/mol. The maximum absolute atomic E-state index is 5.40. The first-order valence-electron chi connectivity index (χ1n) is 4.56. The third-order valence-corrected chi connectivity index (χ3v) is 2.61. The van der Waals surface area contributed by atoms with E-state index in [2.05, 4.69) is 47.1 Å². The molecular formula is C11H15BrO. The Kier molecular flexibility index (Phi) is 4.46. The van der Waals surface area contributed by atoms with E-state index in [0.717, 1.165) is 17.3 Å². The summed E-state index contributed by atoms with van der Waals surface area (Å²) in [5.74, 6) is 0. The zero-order valence-electron chi connectivity index (χ0n) is 8.09. The number of hydrogen-bond donors (Lipinski definition) is 0. The second-order valence-corrected chi connectivity index (χ2v) is 3.98. The lowest BCUT2D eigenvalue weighted by molar-refractivity contribution is 0.0950. The van der Waals surface area contributed by atoms with E-state index in [4.69, 9.17) is 4.74 Å². The molecule has 1 unspecified atom stereocenters. The van der Waals surface area contributed by atoms with Crippen molar-refractivity contribution in [1.29, 1.82) is 0 Å². The lowest BCUT2D eigenvalue weighted by Gasteiger charge is -2.14. The highest BCUT2D eigenvalue weighted by molar-refractivity contribution is 9.10. The molecule has 0 aliphatic carbocycles. The van der Waals surface area contributed by atoms with E-state index in [-0.39, 0.29) is 6.10 Å². The fourth-order valence-corrected chi connectivity index (χ4v) is 1.62. The summed E-state index contributed by atoms with van der Waals surface area (Å²) in [4.78, 5) is 0. The zero-order valence-corrected chi connectivity index (χ0v) is 9.67. The lowest BCUT2D eigenvalue weighted by atomic mass is 10.1. The summed E-state index contributed by atoms with van der Waals surface area (Å²) >= 11 is 3.41. The number of ether oxygens (including phenoxy) is 1. The summed E-state index contributed by atoms with van der Waals surface area (Å²) < 4.78 is 6.51. The van der Waals surface area contributed by atoms with E-state index in [1.165, 1.54) is 5.56 Å². The molecule has 0 aliphatic rings. The summed E-state index contributed by atoms with van der Waals surface area (Å²) in [5, 5.41) is 0. The second-order valence-electron chi connectivity index (χ2n) is 3.06. The Hall–Kier alpha value is -0.340. The quantitative estimate of drug-likeness (QED) is 0.778. The fourth-order valence-electron chi connectivity index (χ4n) is 1.36. The van der Waals surface area contributed by atoms with Gasteiger partial charge in [-0.05, 0) is 24.1 Å². The normalized spacial score (nSPS) is 12.8. The average molecular weight is 243 g/mol. The zero-order chi connectivity index (χ0) is 9.68. The van der Waals surface area contributed by atoms with Crippen LogP contribution in [0.4, 0.5) is 0 Å². The van der Waals surface area contributed by atoms with Gasteiger partial charge in [-0.3, -0.25) is 0 Å². The predicted octanol–water partition coefficient (Wildman–Crippen LogP) is 3.94. The molecule has 13 heavy (non-hydrogen) atoms. The van der Waals surface area contributed by atoms with Crippen molar-refractivity contribution in [2.75, 3.05) is 7.11 Å². The second kappa shape index (κ2) is 5.40. The van der Waals surface area contributed by atoms with E-state index in [9.17, 15) is 0 Å². The number of methoxy groups -OCH3 is 1. The van der Waals surface area contributed by atoms with Gasteiger partial charge in [0.1, 0.15) is 0 Å². The molecule has 0 saturated carbocycles. The van der Waals surface area contributed by atoms with Crippen LogP contribution in [0.1, 0.15) is 31.4 Å². The van der Waals surface area contributed by atoms with Crippen molar-refractivity contribution < 1.29 is 4.74 Å². The van der Waals surface area contributed by atoms with Gasteiger partial charge in [-0.25, -0.2) is 0 Å². The van der Waals surface area contributed by atoms with E-state index < -0.39 is 0 Å². The van der Waals surface area contributed by atoms with Crippen LogP contribution >= 0.6 is 15.9 Å². The number of rotatable bonds is 4. The van der Waals surface area contributed by atoms with Gasteiger partial charge in [-0.2, -0.15) is 0 Å². The Bertz CT molecular complexity index is 243. The van der Waals surface area contributed by atoms with E-state index in [0.29, 0.717) is 0 Å². The van der Waals surface area contributed by atoms with Crippen LogP contribution in [0.15, 0.2) is 28.7 Å². The minimum atomic E-state index is 0.248. The Labute approximate surface area is 88.2 Å². The largest absolute Gasteiger partial charge is 0.377 e. The monoisotopic (exact) mass is 242 g/mol. The standard InChI is InChI=1S/C11H15BrO/c1-3-4-11(13-2)9-5-7-10(12)8-6-9/h5-8,11H,3-4H2,1-2H3. The summed E-state index contributed by atoms with van der Waals surface area (Å²) in [6, 6.07) is 8.32. The minimum absolute atomic E-state index is 0.248. The first-order chi connectivity index (χ1) is 6.27. The highest BCUT2D eigenvalue weighted by Crippen LogP contribution is 2.23. The fraction of sp³-hybridized carbons (Fsp3) is 0.455. The van der Waals surface area contributed by atoms with Crippen molar-refractivity contribution in [2.24, 2.45) is 0 Å². The average Bonchev–Trinajstić information content (AvgIpc) is 2.16. The van der Waals surface area contributed by atoms with E-state index in [1.807, 2.05) is 0 Å². The molecule has 1 atom stereocenters. The molecule has 0 radical (unpaired) electrons. The topological polar surface area (TPSA) is 9.23 Å². The number of benzene rings is 1. The van der Waals surface area contributed by atoms with Crippen LogP contribution in [0, 0.1) is 0 Å². The molecule has 0 amide bonds.